The number of hydrogen-bond acceptors (Lipinski definition) is 3. The quantitative estimate of drug-likeness (QED) is 0.608. The van der Waals surface area contributed by atoms with Gasteiger partial charge in [-0.25, -0.2) is 9.67 Å². The van der Waals surface area contributed by atoms with Crippen LogP contribution in [0, 0.1) is 0 Å². The average Bonchev–Trinajstić information content (AvgIpc) is 3.24. The van der Waals surface area contributed by atoms with Crippen LogP contribution in [0.1, 0.15) is 5.56 Å². The number of nitrogens with zero attached hydrogens (tertiary/aromatic N) is 3. The Hall–Kier alpha value is -2.79. The van der Waals surface area contributed by atoms with Gasteiger partial charge >= 0.3 is 0 Å². The lowest BCUT2D eigenvalue weighted by molar-refractivity contribution is 0.415. The van der Waals surface area contributed by atoms with Crippen molar-refractivity contribution < 1.29 is 4.74 Å². The number of rotatable bonds is 4. The number of fused-ring (bicyclic) bond motifs is 1. The summed E-state index contributed by atoms with van der Waals surface area (Å²) in [5.74, 6) is 0.818. The lowest BCUT2D eigenvalue weighted by atomic mass is 10.1. The second-order valence-corrected chi connectivity index (χ2v) is 5.93. The minimum absolute atomic E-state index is 0.629. The van der Waals surface area contributed by atoms with Gasteiger partial charge in [-0.2, -0.15) is 5.10 Å². The maximum Gasteiger partial charge on any atom is 0.137 e. The first-order chi connectivity index (χ1) is 11.7. The summed E-state index contributed by atoms with van der Waals surface area (Å²) in [5.41, 5.74) is 4.30. The van der Waals surface area contributed by atoms with E-state index in [1.165, 1.54) is 0 Å². The van der Waals surface area contributed by atoms with Crippen LogP contribution in [0.4, 0.5) is 0 Å². The van der Waals surface area contributed by atoms with Gasteiger partial charge in [0.2, 0.25) is 0 Å². The Kier molecular flexibility index (Phi) is 3.70. The van der Waals surface area contributed by atoms with Crippen molar-refractivity contribution in [3.05, 3.63) is 65.7 Å². The van der Waals surface area contributed by atoms with Gasteiger partial charge in [0.1, 0.15) is 18.4 Å². The zero-order valence-electron chi connectivity index (χ0n) is 13.0. The molecular weight excluding hydrogens is 324 g/mol. The molecule has 6 heteroatoms. The molecule has 4 aromatic rings. The van der Waals surface area contributed by atoms with Crippen molar-refractivity contribution >= 4 is 22.5 Å². The Balaban J connectivity index is 1.91. The smallest absolute Gasteiger partial charge is 0.137 e. The van der Waals surface area contributed by atoms with E-state index in [4.69, 9.17) is 16.3 Å². The molecule has 0 fully saturated rings. The Morgan fingerprint density at radius 1 is 1.17 bits per heavy atom. The van der Waals surface area contributed by atoms with E-state index in [1.54, 1.807) is 19.8 Å². The number of benzene rings is 2. The van der Waals surface area contributed by atoms with E-state index in [-0.39, 0.29) is 0 Å². The molecule has 0 amide bonds. The number of aromatic amines is 1. The topological polar surface area (TPSA) is 55.7 Å². The summed E-state index contributed by atoms with van der Waals surface area (Å²) in [7, 11) is 1.67. The molecule has 0 saturated heterocycles. The molecule has 5 nitrogen and oxygen atoms in total. The number of halogens is 1. The van der Waals surface area contributed by atoms with Gasteiger partial charge in [0.15, 0.2) is 0 Å². The molecule has 24 heavy (non-hydrogen) atoms. The third-order valence-electron chi connectivity index (χ3n) is 4.03. The summed E-state index contributed by atoms with van der Waals surface area (Å²) in [6.07, 6.45) is 3.26. The zero-order valence-corrected chi connectivity index (χ0v) is 13.8. The molecule has 0 atom stereocenters. The largest absolute Gasteiger partial charge is 0.497 e. The molecule has 0 unspecified atom stereocenters. The summed E-state index contributed by atoms with van der Waals surface area (Å²) >= 11 is 6.02. The molecule has 2 aromatic heterocycles. The van der Waals surface area contributed by atoms with Crippen LogP contribution in [-0.2, 0) is 6.54 Å². The van der Waals surface area contributed by atoms with Crippen molar-refractivity contribution in [3.8, 4) is 17.0 Å². The summed E-state index contributed by atoms with van der Waals surface area (Å²) < 4.78 is 7.15. The summed E-state index contributed by atoms with van der Waals surface area (Å²) in [6.45, 7) is 0.629. The standard InChI is InChI=1S/C18H15ClN4O/c1-24-14-6-7-15-16(9-23-11-20-10-21-23)18(22-17(15)8-14)12-2-4-13(19)5-3-12/h2-8,10-11,22H,9H2,1H3. The third kappa shape index (κ3) is 2.63. The Morgan fingerprint density at radius 2 is 2.00 bits per heavy atom. The maximum atomic E-state index is 6.02. The SMILES string of the molecule is COc1ccc2c(Cn3cncn3)c(-c3ccc(Cl)cc3)[nH]c2c1. The molecule has 120 valence electrons. The third-order valence-corrected chi connectivity index (χ3v) is 4.28. The van der Waals surface area contributed by atoms with Gasteiger partial charge in [0.25, 0.3) is 0 Å². The first kappa shape index (κ1) is 14.8. The van der Waals surface area contributed by atoms with E-state index >= 15 is 0 Å². The van der Waals surface area contributed by atoms with E-state index in [0.29, 0.717) is 11.6 Å². The van der Waals surface area contributed by atoms with E-state index in [9.17, 15) is 0 Å². The summed E-state index contributed by atoms with van der Waals surface area (Å²) in [5, 5.41) is 6.08. The fourth-order valence-corrected chi connectivity index (χ4v) is 2.99. The van der Waals surface area contributed by atoms with E-state index in [1.807, 2.05) is 41.1 Å². The van der Waals surface area contributed by atoms with Crippen LogP contribution in [0.3, 0.4) is 0 Å². The van der Waals surface area contributed by atoms with Gasteiger partial charge in [-0.1, -0.05) is 23.7 Å². The van der Waals surface area contributed by atoms with Gasteiger partial charge in [0.05, 0.1) is 19.3 Å². The number of H-pyrrole nitrogens is 1. The van der Waals surface area contributed by atoms with Crippen LogP contribution in [0.25, 0.3) is 22.2 Å². The minimum Gasteiger partial charge on any atom is -0.497 e. The van der Waals surface area contributed by atoms with Gasteiger partial charge < -0.3 is 9.72 Å². The fraction of sp³-hybridized carbons (Fsp3) is 0.111. The average molecular weight is 339 g/mol. The highest BCUT2D eigenvalue weighted by atomic mass is 35.5. The van der Waals surface area contributed by atoms with Gasteiger partial charge in [-0.05, 0) is 29.8 Å². The van der Waals surface area contributed by atoms with E-state index in [2.05, 4.69) is 21.1 Å². The van der Waals surface area contributed by atoms with Crippen molar-refractivity contribution in [1.29, 1.82) is 0 Å². The fourth-order valence-electron chi connectivity index (χ4n) is 2.87. The molecule has 0 radical (unpaired) electrons. The second kappa shape index (κ2) is 6.02. The normalized spacial score (nSPS) is 11.1. The number of hydrogen-bond donors (Lipinski definition) is 1. The first-order valence-electron chi connectivity index (χ1n) is 7.51. The second-order valence-electron chi connectivity index (χ2n) is 5.49. The molecule has 0 bridgehead atoms. The summed E-state index contributed by atoms with van der Waals surface area (Å²) in [6, 6.07) is 13.8. The zero-order chi connectivity index (χ0) is 16.5. The molecular formula is C18H15ClN4O. The van der Waals surface area contributed by atoms with E-state index in [0.717, 1.165) is 33.5 Å². The van der Waals surface area contributed by atoms with Crippen LogP contribution >= 0.6 is 11.6 Å². The molecule has 0 saturated carbocycles. The van der Waals surface area contributed by atoms with Gasteiger partial charge in [-0.3, -0.25) is 0 Å². The number of ether oxygens (including phenoxy) is 1. The van der Waals surface area contributed by atoms with Crippen LogP contribution in [0.5, 0.6) is 5.75 Å². The van der Waals surface area contributed by atoms with Crippen molar-refractivity contribution in [2.75, 3.05) is 7.11 Å². The number of aromatic nitrogens is 4. The lowest BCUT2D eigenvalue weighted by Gasteiger charge is -2.06. The highest BCUT2D eigenvalue weighted by Gasteiger charge is 2.14. The highest BCUT2D eigenvalue weighted by molar-refractivity contribution is 6.30. The van der Waals surface area contributed by atoms with Crippen molar-refractivity contribution in [2.24, 2.45) is 0 Å². The van der Waals surface area contributed by atoms with Crippen molar-refractivity contribution in [1.82, 2.24) is 19.7 Å². The summed E-state index contributed by atoms with van der Waals surface area (Å²) in [4.78, 5) is 7.53. The lowest BCUT2D eigenvalue weighted by Crippen LogP contribution is -2.00. The van der Waals surface area contributed by atoms with Crippen LogP contribution in [0.2, 0.25) is 5.02 Å². The molecule has 0 aliphatic carbocycles. The molecule has 0 aliphatic heterocycles. The number of methoxy groups -OCH3 is 1. The highest BCUT2D eigenvalue weighted by Crippen LogP contribution is 2.33. The monoisotopic (exact) mass is 338 g/mol. The predicted octanol–water partition coefficient (Wildman–Crippen LogP) is 4.14. The van der Waals surface area contributed by atoms with Crippen LogP contribution < -0.4 is 4.74 Å². The maximum absolute atomic E-state index is 6.02. The Bertz CT molecular complexity index is 974. The molecule has 0 spiro atoms. The van der Waals surface area contributed by atoms with E-state index < -0.39 is 0 Å². The van der Waals surface area contributed by atoms with Crippen molar-refractivity contribution in [2.45, 2.75) is 6.54 Å². The molecule has 2 aromatic carbocycles. The van der Waals surface area contributed by atoms with Crippen LogP contribution in [-0.4, -0.2) is 26.9 Å². The van der Waals surface area contributed by atoms with Gasteiger partial charge in [0, 0.05) is 27.6 Å². The predicted molar refractivity (Wildman–Crippen MR) is 94.4 cm³/mol. The Labute approximate surface area is 143 Å². The molecule has 2 heterocycles. The Morgan fingerprint density at radius 3 is 2.71 bits per heavy atom. The number of nitrogens with one attached hydrogen (secondary N) is 1. The first-order valence-corrected chi connectivity index (χ1v) is 7.89. The van der Waals surface area contributed by atoms with Crippen LogP contribution in [0.15, 0.2) is 55.1 Å². The minimum atomic E-state index is 0.629. The van der Waals surface area contributed by atoms with Gasteiger partial charge in [-0.15, -0.1) is 0 Å². The molecule has 4 rings (SSSR count). The molecule has 1 N–H and O–H groups in total. The molecule has 0 aliphatic rings. The van der Waals surface area contributed by atoms with Crippen molar-refractivity contribution in [3.63, 3.8) is 0 Å².